The summed E-state index contributed by atoms with van der Waals surface area (Å²) < 4.78 is 417. The molecule has 3 nitrogen and oxygen atoms in total. The van der Waals surface area contributed by atoms with Crippen molar-refractivity contribution in [3.8, 4) is 0 Å². The molecule has 0 aromatic carbocycles. The van der Waals surface area contributed by atoms with E-state index < -0.39 is 95.4 Å². The molecule has 0 N–H and O–H groups in total. The Morgan fingerprint density at radius 3 is 0.592 bits per heavy atom. The lowest BCUT2D eigenvalue weighted by molar-refractivity contribution is -0.525. The summed E-state index contributed by atoms with van der Waals surface area (Å²) in [6.07, 6.45) is -51.4. The number of rotatable bonds is 10. The molecule has 33 heteroatoms. The molecular weight excluding hydrogens is 810 g/mol. The van der Waals surface area contributed by atoms with Gasteiger partial charge in [0.1, 0.15) is 0 Å². The van der Waals surface area contributed by atoms with Gasteiger partial charge in [0.15, 0.2) is 0 Å². The average Bonchev–Trinajstić information content (AvgIpc) is 3.54. The van der Waals surface area contributed by atoms with Crippen molar-refractivity contribution in [1.29, 1.82) is 0 Å². The zero-order valence-electron chi connectivity index (χ0n) is 20.6. The highest BCUT2D eigenvalue weighted by atomic mass is 19.4. The molecule has 0 spiro atoms. The average molecular weight is 810 g/mol. The Hall–Kier alpha value is -2.22. The van der Waals surface area contributed by atoms with Crippen molar-refractivity contribution in [2.24, 2.45) is 0 Å². The molecule has 4 atom stereocenters. The van der Waals surface area contributed by atoms with Gasteiger partial charge in [-0.15, -0.1) is 0 Å². The third-order valence-electron chi connectivity index (χ3n) is 6.39. The predicted molar refractivity (Wildman–Crippen MR) is 80.2 cm³/mol. The van der Waals surface area contributed by atoms with E-state index in [1.807, 2.05) is 0 Å². The van der Waals surface area contributed by atoms with E-state index in [0.717, 1.165) is 4.74 Å². The maximum absolute atomic E-state index is 14.8. The molecule has 0 aliphatic carbocycles. The molecule has 2 aliphatic rings. The van der Waals surface area contributed by atoms with Crippen molar-refractivity contribution in [1.82, 2.24) is 0 Å². The number of ether oxygens (including phenoxy) is 3. The number of epoxide rings is 2. The largest absolute Gasteiger partial charge is 0.460 e. The van der Waals surface area contributed by atoms with E-state index in [-0.39, 0.29) is 0 Å². The molecule has 2 saturated heterocycles. The van der Waals surface area contributed by atoms with Crippen LogP contribution in [0.3, 0.4) is 0 Å². The molecular formula is C16F30O3. The Morgan fingerprint density at radius 1 is 0.286 bits per heavy atom. The van der Waals surface area contributed by atoms with E-state index in [1.165, 1.54) is 0 Å². The van der Waals surface area contributed by atoms with Crippen LogP contribution in [-0.2, 0) is 14.2 Å². The van der Waals surface area contributed by atoms with Crippen LogP contribution in [0.2, 0.25) is 0 Å². The molecule has 49 heavy (non-hydrogen) atoms. The Morgan fingerprint density at radius 2 is 0.469 bits per heavy atom. The zero-order chi connectivity index (χ0) is 40.1. The second-order valence-electron chi connectivity index (χ2n) is 9.33. The molecule has 4 unspecified atom stereocenters. The van der Waals surface area contributed by atoms with Gasteiger partial charge in [-0.05, 0) is 0 Å². The molecule has 2 rings (SSSR count). The molecule has 2 heterocycles. The van der Waals surface area contributed by atoms with Crippen molar-refractivity contribution in [3.05, 3.63) is 0 Å². The number of hydrogen-bond donors (Lipinski definition) is 0. The Balaban J connectivity index is 3.46. The van der Waals surface area contributed by atoms with Crippen LogP contribution in [0.4, 0.5) is 132 Å². The molecule has 0 saturated carbocycles. The van der Waals surface area contributed by atoms with Crippen molar-refractivity contribution < 1.29 is 146 Å². The fourth-order valence-corrected chi connectivity index (χ4v) is 3.78. The summed E-state index contributed by atoms with van der Waals surface area (Å²) in [6, 6.07) is 0. The van der Waals surface area contributed by atoms with Crippen LogP contribution in [-0.4, -0.2) is 95.4 Å². The van der Waals surface area contributed by atoms with Gasteiger partial charge >= 0.3 is 95.4 Å². The van der Waals surface area contributed by atoms with Crippen molar-refractivity contribution in [3.63, 3.8) is 0 Å². The first kappa shape index (κ1) is 42.9. The summed E-state index contributed by atoms with van der Waals surface area (Å²) in [7, 11) is 0. The summed E-state index contributed by atoms with van der Waals surface area (Å²) in [5, 5.41) is 0. The summed E-state index contributed by atoms with van der Waals surface area (Å²) >= 11 is 0. The zero-order valence-corrected chi connectivity index (χ0v) is 20.6. The third-order valence-corrected chi connectivity index (χ3v) is 6.39. The van der Waals surface area contributed by atoms with E-state index in [2.05, 4.69) is 0 Å². The van der Waals surface area contributed by atoms with E-state index >= 15 is 0 Å². The van der Waals surface area contributed by atoms with E-state index in [1.54, 1.807) is 9.47 Å². The standard InChI is InChI=1S/C16F30O3/c17-3(18,5(21,22)7(25,26)13(37,38)39)1(11(31,32)33,9(29)15(43,44)48-9)47-2(12(34,35)36,10(30)16(45,46)49-10)4(19,20)6(23,24)8(27,28)14(40,41)42. The van der Waals surface area contributed by atoms with Crippen LogP contribution < -0.4 is 0 Å². The SMILES string of the molecule is FC(F)(F)C(F)(F)C(F)(F)C(F)(F)C(OC(C(F)(F)F)(C(F)(F)C(F)(F)C(F)(F)C(F)(F)F)C1(F)OC1(F)F)(C(F)(F)F)C1(F)OC1(F)F. The topological polar surface area (TPSA) is 34.3 Å². The Bertz CT molecular complexity index is 1200. The van der Waals surface area contributed by atoms with Gasteiger partial charge < -0.3 is 4.74 Å². The molecule has 2 fully saturated rings. The highest BCUT2D eigenvalue weighted by Crippen LogP contribution is 2.77. The summed E-state index contributed by atoms with van der Waals surface area (Å²) in [6.45, 7) is 0. The Kier molecular flexibility index (Phi) is 8.59. The van der Waals surface area contributed by atoms with Gasteiger partial charge in [0, 0.05) is 0 Å². The van der Waals surface area contributed by atoms with Crippen LogP contribution in [0.15, 0.2) is 0 Å². The van der Waals surface area contributed by atoms with E-state index in [9.17, 15) is 132 Å². The number of alkyl halides is 30. The van der Waals surface area contributed by atoms with Crippen LogP contribution >= 0.6 is 0 Å². The van der Waals surface area contributed by atoms with Gasteiger partial charge in [0.05, 0.1) is 0 Å². The molecule has 0 radical (unpaired) electrons. The fraction of sp³-hybridized carbons (Fsp3) is 1.00. The summed E-state index contributed by atoms with van der Waals surface area (Å²) in [5.41, 5.74) is -19.8. The van der Waals surface area contributed by atoms with Gasteiger partial charge in [-0.3, -0.25) is 9.47 Å². The molecule has 292 valence electrons. The maximum Gasteiger partial charge on any atom is 0.460 e. The van der Waals surface area contributed by atoms with E-state index in [4.69, 9.17) is 0 Å². The van der Waals surface area contributed by atoms with Crippen LogP contribution in [0.25, 0.3) is 0 Å². The quantitative estimate of drug-likeness (QED) is 0.163. The highest BCUT2D eigenvalue weighted by Gasteiger charge is 3.10. The monoisotopic (exact) mass is 810 g/mol. The number of hydrogen-bond acceptors (Lipinski definition) is 3. The maximum atomic E-state index is 14.8. The second kappa shape index (κ2) is 9.80. The Labute approximate surface area is 243 Å². The summed E-state index contributed by atoms with van der Waals surface area (Å²) in [5.74, 6) is -74.8. The van der Waals surface area contributed by atoms with Gasteiger partial charge in [0.2, 0.25) is 0 Å². The van der Waals surface area contributed by atoms with Crippen molar-refractivity contribution in [2.45, 2.75) is 95.4 Å². The number of halogens is 30. The third kappa shape index (κ3) is 4.62. The van der Waals surface area contributed by atoms with Crippen molar-refractivity contribution in [2.75, 3.05) is 0 Å². The lowest BCUT2D eigenvalue weighted by atomic mass is 9.77. The molecule has 0 amide bonds. The first-order valence-corrected chi connectivity index (χ1v) is 10.4. The highest BCUT2D eigenvalue weighted by molar-refractivity contribution is 5.31. The molecule has 0 aromatic heterocycles. The summed E-state index contributed by atoms with van der Waals surface area (Å²) in [4.78, 5) is 0. The molecule has 0 bridgehead atoms. The van der Waals surface area contributed by atoms with Gasteiger partial charge in [-0.25, -0.2) is 0 Å². The first-order valence-electron chi connectivity index (χ1n) is 10.4. The van der Waals surface area contributed by atoms with Crippen LogP contribution in [0.1, 0.15) is 0 Å². The smallest absolute Gasteiger partial charge is 0.328 e. The van der Waals surface area contributed by atoms with Gasteiger partial charge in [0.25, 0.3) is 0 Å². The lowest BCUT2D eigenvalue weighted by Crippen LogP contribution is -2.85. The minimum atomic E-state index is -10.1. The lowest BCUT2D eigenvalue weighted by Gasteiger charge is -2.52. The van der Waals surface area contributed by atoms with Gasteiger partial charge in [-0.2, -0.15) is 132 Å². The minimum Gasteiger partial charge on any atom is -0.328 e. The first-order chi connectivity index (χ1) is 20.6. The molecule has 0 aromatic rings. The van der Waals surface area contributed by atoms with Crippen LogP contribution in [0, 0.1) is 0 Å². The van der Waals surface area contributed by atoms with Crippen LogP contribution in [0.5, 0.6) is 0 Å². The molecule has 2 aliphatic heterocycles. The van der Waals surface area contributed by atoms with Gasteiger partial charge in [-0.1, -0.05) is 0 Å². The van der Waals surface area contributed by atoms with Crippen molar-refractivity contribution >= 4 is 0 Å². The second-order valence-corrected chi connectivity index (χ2v) is 9.33. The normalized spacial score (nSPS) is 28.5. The predicted octanol–water partition coefficient (Wildman–Crippen LogP) is 9.12. The minimum absolute atomic E-state index is 1.13. The van der Waals surface area contributed by atoms with E-state index in [0.29, 0.717) is 0 Å². The fourth-order valence-electron chi connectivity index (χ4n) is 3.78.